The van der Waals surface area contributed by atoms with Gasteiger partial charge < -0.3 is 10.2 Å². The predicted octanol–water partition coefficient (Wildman–Crippen LogP) is 4.64. The fourth-order valence-corrected chi connectivity index (χ4v) is 2.37. The van der Waals surface area contributed by atoms with Crippen LogP contribution in [0.4, 0.5) is 24.8 Å². The summed E-state index contributed by atoms with van der Waals surface area (Å²) in [5.74, 6) is -0.427. The molecule has 0 aliphatic heterocycles. The molecule has 1 aromatic heterocycles. The predicted molar refractivity (Wildman–Crippen MR) is 94.6 cm³/mol. The number of halogens is 4. The molecule has 0 aliphatic carbocycles. The van der Waals surface area contributed by atoms with Gasteiger partial charge in [-0.25, -0.2) is 9.97 Å². The van der Waals surface area contributed by atoms with Crippen molar-refractivity contribution in [3.05, 3.63) is 46.7 Å². The van der Waals surface area contributed by atoms with Gasteiger partial charge in [-0.15, -0.1) is 0 Å². The monoisotopic (exact) mass is 386 g/mol. The molecule has 0 saturated heterocycles. The standard InChI is InChI=1S/C17H18ClF3N4O/c1-3-4-9-25(2)16-22-8-7-14(24-16)15(26)23-13-6-5-11(18)10-12(13)17(19,20)21/h5-8,10H,3-4,9H2,1-2H3,(H,23,26). The maximum Gasteiger partial charge on any atom is 0.418 e. The Morgan fingerprint density at radius 3 is 2.69 bits per heavy atom. The maximum absolute atomic E-state index is 13.1. The number of nitrogens with one attached hydrogen (secondary N) is 1. The van der Waals surface area contributed by atoms with Crippen LogP contribution in [0.2, 0.25) is 5.02 Å². The van der Waals surface area contributed by atoms with Gasteiger partial charge in [0.2, 0.25) is 5.95 Å². The maximum atomic E-state index is 13.1. The minimum absolute atomic E-state index is 0.0265. The normalized spacial score (nSPS) is 11.3. The van der Waals surface area contributed by atoms with Crippen LogP contribution in [0.5, 0.6) is 0 Å². The lowest BCUT2D eigenvalue weighted by molar-refractivity contribution is -0.136. The molecule has 0 saturated carbocycles. The molecule has 2 rings (SSSR count). The minimum Gasteiger partial charge on any atom is -0.344 e. The van der Waals surface area contributed by atoms with Gasteiger partial charge >= 0.3 is 6.18 Å². The van der Waals surface area contributed by atoms with E-state index in [1.807, 2.05) is 6.92 Å². The summed E-state index contributed by atoms with van der Waals surface area (Å²) in [6.07, 6.45) is -1.34. The first kappa shape index (κ1) is 20.0. The molecule has 1 amide bonds. The van der Waals surface area contributed by atoms with E-state index in [2.05, 4.69) is 15.3 Å². The van der Waals surface area contributed by atoms with E-state index in [4.69, 9.17) is 11.6 Å². The number of nitrogens with zero attached hydrogens (tertiary/aromatic N) is 3. The molecule has 0 bridgehead atoms. The molecule has 0 radical (unpaired) electrons. The third kappa shape index (κ3) is 5.08. The van der Waals surface area contributed by atoms with Crippen molar-refractivity contribution in [1.82, 2.24) is 9.97 Å². The molecule has 1 heterocycles. The van der Waals surface area contributed by atoms with Crippen LogP contribution in [-0.2, 0) is 6.18 Å². The van der Waals surface area contributed by atoms with Crippen molar-refractivity contribution in [3.63, 3.8) is 0 Å². The summed E-state index contributed by atoms with van der Waals surface area (Å²) in [7, 11) is 1.79. The molecular formula is C17H18ClF3N4O. The van der Waals surface area contributed by atoms with Gasteiger partial charge in [-0.2, -0.15) is 13.2 Å². The second kappa shape index (κ2) is 8.35. The molecule has 0 aliphatic rings. The van der Waals surface area contributed by atoms with E-state index in [9.17, 15) is 18.0 Å². The van der Waals surface area contributed by atoms with Crippen LogP contribution in [-0.4, -0.2) is 29.5 Å². The first-order chi connectivity index (χ1) is 12.2. The summed E-state index contributed by atoms with van der Waals surface area (Å²) in [5, 5.41) is 2.17. The molecule has 0 spiro atoms. The van der Waals surface area contributed by atoms with E-state index in [-0.39, 0.29) is 16.4 Å². The van der Waals surface area contributed by atoms with Crippen molar-refractivity contribution >= 4 is 29.1 Å². The van der Waals surface area contributed by atoms with E-state index in [0.717, 1.165) is 25.0 Å². The number of alkyl halides is 3. The average Bonchev–Trinajstić information content (AvgIpc) is 2.60. The molecule has 140 valence electrons. The second-order valence-electron chi connectivity index (χ2n) is 5.66. The summed E-state index contributed by atoms with van der Waals surface area (Å²) in [5.41, 5.74) is -1.43. The summed E-state index contributed by atoms with van der Waals surface area (Å²) in [6, 6.07) is 4.49. The number of carbonyl (C=O) groups excluding carboxylic acids is 1. The van der Waals surface area contributed by atoms with Gasteiger partial charge in [0.25, 0.3) is 5.91 Å². The lowest BCUT2D eigenvalue weighted by Gasteiger charge is -2.17. The Morgan fingerprint density at radius 2 is 2.04 bits per heavy atom. The molecular weight excluding hydrogens is 369 g/mol. The minimum atomic E-state index is -4.65. The van der Waals surface area contributed by atoms with Crippen LogP contribution in [0, 0.1) is 0 Å². The van der Waals surface area contributed by atoms with Gasteiger partial charge in [-0.05, 0) is 30.7 Å². The molecule has 1 aromatic carbocycles. The fourth-order valence-electron chi connectivity index (χ4n) is 2.20. The Labute approximate surface area is 154 Å². The Balaban J connectivity index is 2.24. The topological polar surface area (TPSA) is 58.1 Å². The highest BCUT2D eigenvalue weighted by atomic mass is 35.5. The number of hydrogen-bond acceptors (Lipinski definition) is 4. The number of hydrogen-bond donors (Lipinski definition) is 1. The van der Waals surface area contributed by atoms with E-state index < -0.39 is 17.6 Å². The van der Waals surface area contributed by atoms with Gasteiger partial charge in [-0.3, -0.25) is 4.79 Å². The SMILES string of the molecule is CCCCN(C)c1nccc(C(=O)Nc2ccc(Cl)cc2C(F)(F)F)n1. The van der Waals surface area contributed by atoms with Gasteiger partial charge in [-0.1, -0.05) is 24.9 Å². The summed E-state index contributed by atoms with van der Waals surface area (Å²) >= 11 is 5.63. The van der Waals surface area contributed by atoms with Crippen molar-refractivity contribution < 1.29 is 18.0 Å². The fraction of sp³-hybridized carbons (Fsp3) is 0.353. The number of rotatable bonds is 6. The van der Waals surface area contributed by atoms with Crippen LogP contribution in [0.1, 0.15) is 35.8 Å². The first-order valence-electron chi connectivity index (χ1n) is 7.94. The number of amides is 1. The van der Waals surface area contributed by atoms with Gasteiger partial charge in [0.05, 0.1) is 11.3 Å². The number of benzene rings is 1. The Morgan fingerprint density at radius 1 is 1.31 bits per heavy atom. The van der Waals surface area contributed by atoms with Gasteiger partial charge in [0.1, 0.15) is 5.69 Å². The Hall–Kier alpha value is -2.35. The van der Waals surface area contributed by atoms with Crippen LogP contribution < -0.4 is 10.2 Å². The highest BCUT2D eigenvalue weighted by Gasteiger charge is 2.34. The average molecular weight is 387 g/mol. The lowest BCUT2D eigenvalue weighted by atomic mass is 10.1. The largest absolute Gasteiger partial charge is 0.418 e. The Bertz CT molecular complexity index is 783. The summed E-state index contributed by atoms with van der Waals surface area (Å²) < 4.78 is 39.4. The molecule has 0 unspecified atom stereocenters. The summed E-state index contributed by atoms with van der Waals surface area (Å²) in [4.78, 5) is 22.3. The molecule has 5 nitrogen and oxygen atoms in total. The molecule has 2 aromatic rings. The van der Waals surface area contributed by atoms with Crippen LogP contribution in [0.15, 0.2) is 30.5 Å². The molecule has 9 heteroatoms. The zero-order valence-corrected chi connectivity index (χ0v) is 15.0. The zero-order chi connectivity index (χ0) is 19.3. The van der Waals surface area contributed by atoms with E-state index in [1.54, 1.807) is 11.9 Å². The zero-order valence-electron chi connectivity index (χ0n) is 14.3. The number of carbonyl (C=O) groups is 1. The van der Waals surface area contributed by atoms with Crippen molar-refractivity contribution in [2.24, 2.45) is 0 Å². The van der Waals surface area contributed by atoms with Crippen molar-refractivity contribution in [1.29, 1.82) is 0 Å². The highest BCUT2D eigenvalue weighted by molar-refractivity contribution is 6.30. The van der Waals surface area contributed by atoms with E-state index >= 15 is 0 Å². The lowest BCUT2D eigenvalue weighted by Crippen LogP contribution is -2.23. The third-order valence-electron chi connectivity index (χ3n) is 3.60. The van der Waals surface area contributed by atoms with Crippen molar-refractivity contribution in [2.75, 3.05) is 23.8 Å². The molecule has 0 atom stereocenters. The molecule has 1 N–H and O–H groups in total. The number of aromatic nitrogens is 2. The molecule has 26 heavy (non-hydrogen) atoms. The van der Waals surface area contributed by atoms with Crippen molar-refractivity contribution in [2.45, 2.75) is 25.9 Å². The highest BCUT2D eigenvalue weighted by Crippen LogP contribution is 2.36. The summed E-state index contributed by atoms with van der Waals surface area (Å²) in [6.45, 7) is 2.75. The Kier molecular flexibility index (Phi) is 6.42. The molecule has 0 fully saturated rings. The van der Waals surface area contributed by atoms with Gasteiger partial charge in [0.15, 0.2) is 0 Å². The van der Waals surface area contributed by atoms with Crippen LogP contribution in [0.3, 0.4) is 0 Å². The van der Waals surface area contributed by atoms with Gasteiger partial charge in [0, 0.05) is 24.8 Å². The number of unbranched alkanes of at least 4 members (excludes halogenated alkanes) is 1. The third-order valence-corrected chi connectivity index (χ3v) is 3.83. The second-order valence-corrected chi connectivity index (χ2v) is 6.10. The van der Waals surface area contributed by atoms with E-state index in [0.29, 0.717) is 12.5 Å². The van der Waals surface area contributed by atoms with Crippen LogP contribution >= 0.6 is 11.6 Å². The smallest absolute Gasteiger partial charge is 0.344 e. The van der Waals surface area contributed by atoms with Crippen LogP contribution in [0.25, 0.3) is 0 Å². The quantitative estimate of drug-likeness (QED) is 0.785. The first-order valence-corrected chi connectivity index (χ1v) is 8.32. The van der Waals surface area contributed by atoms with Crippen molar-refractivity contribution in [3.8, 4) is 0 Å². The van der Waals surface area contributed by atoms with E-state index in [1.165, 1.54) is 18.3 Å². The number of anilines is 2.